The van der Waals surface area contributed by atoms with Crippen LogP contribution in [-0.2, 0) is 12.8 Å². The fourth-order valence-corrected chi connectivity index (χ4v) is 4.57. The average molecular weight is 325 g/mol. The van der Waals surface area contributed by atoms with E-state index in [-0.39, 0.29) is 0 Å². The highest BCUT2D eigenvalue weighted by Gasteiger charge is 2.18. The first-order chi connectivity index (χ1) is 11.2. The van der Waals surface area contributed by atoms with E-state index in [0.717, 1.165) is 5.92 Å². The van der Waals surface area contributed by atoms with Crippen LogP contribution in [0.4, 0.5) is 0 Å². The van der Waals surface area contributed by atoms with Crippen molar-refractivity contribution in [3.05, 3.63) is 68.9 Å². The van der Waals surface area contributed by atoms with Crippen LogP contribution in [0.2, 0.25) is 0 Å². The quantitative estimate of drug-likeness (QED) is 0.500. The van der Waals surface area contributed by atoms with Crippen LogP contribution in [0.15, 0.2) is 48.0 Å². The summed E-state index contributed by atoms with van der Waals surface area (Å²) in [6, 6.07) is 13.6. The Morgan fingerprint density at radius 2 is 1.78 bits per heavy atom. The molecule has 0 spiro atoms. The highest BCUT2D eigenvalue weighted by molar-refractivity contribution is 7.11. The minimum absolute atomic E-state index is 0.835. The minimum Gasteiger partial charge on any atom is -0.146 e. The van der Waals surface area contributed by atoms with Gasteiger partial charge < -0.3 is 0 Å². The van der Waals surface area contributed by atoms with Crippen LogP contribution in [0.25, 0.3) is 0 Å². The molecule has 2 aromatic rings. The zero-order valence-corrected chi connectivity index (χ0v) is 15.3. The van der Waals surface area contributed by atoms with Gasteiger partial charge in [0.15, 0.2) is 0 Å². The van der Waals surface area contributed by atoms with Crippen molar-refractivity contribution in [2.75, 3.05) is 0 Å². The summed E-state index contributed by atoms with van der Waals surface area (Å²) in [6.07, 6.45) is 11.6. The fraction of sp³-hybridized carbons (Fsp3) is 0.455. The molecule has 0 bridgehead atoms. The smallest absolute Gasteiger partial charge is 0.00481 e. The van der Waals surface area contributed by atoms with Crippen LogP contribution in [0.1, 0.15) is 53.0 Å². The lowest BCUT2D eigenvalue weighted by Gasteiger charge is -2.15. The molecule has 3 rings (SSSR count). The topological polar surface area (TPSA) is 0 Å². The second-order valence-electron chi connectivity index (χ2n) is 6.94. The summed E-state index contributed by atoms with van der Waals surface area (Å²) in [5.74, 6) is 0.835. The van der Waals surface area contributed by atoms with Crippen LogP contribution in [0.5, 0.6) is 0 Å². The van der Waals surface area contributed by atoms with Gasteiger partial charge in [-0.1, -0.05) is 41.5 Å². The van der Waals surface area contributed by atoms with Gasteiger partial charge in [0, 0.05) is 9.75 Å². The summed E-state index contributed by atoms with van der Waals surface area (Å²) >= 11 is 1.96. The maximum Gasteiger partial charge on any atom is 0.00481 e. The predicted molar refractivity (Wildman–Crippen MR) is 102 cm³/mol. The molecule has 1 aromatic carbocycles. The van der Waals surface area contributed by atoms with Crippen LogP contribution in [-0.4, -0.2) is 0 Å². The normalized spacial score (nSPS) is 17.5. The highest BCUT2D eigenvalue weighted by Crippen LogP contribution is 2.33. The van der Waals surface area contributed by atoms with Gasteiger partial charge >= 0.3 is 0 Å². The van der Waals surface area contributed by atoms with Gasteiger partial charge in [-0.05, 0) is 82.4 Å². The first-order valence-corrected chi connectivity index (χ1v) is 9.82. The molecule has 0 aliphatic heterocycles. The van der Waals surface area contributed by atoms with Crippen molar-refractivity contribution in [1.82, 2.24) is 0 Å². The Labute approximate surface area is 145 Å². The Morgan fingerprint density at radius 3 is 2.52 bits per heavy atom. The predicted octanol–water partition coefficient (Wildman–Crippen LogP) is 6.66. The molecule has 0 N–H and O–H groups in total. The second-order valence-corrected chi connectivity index (χ2v) is 8.32. The van der Waals surface area contributed by atoms with Crippen LogP contribution in [0, 0.1) is 19.8 Å². The van der Waals surface area contributed by atoms with E-state index in [1.54, 1.807) is 10.5 Å². The monoisotopic (exact) mass is 324 g/mol. The number of allylic oxidation sites excluding steroid dienone is 2. The van der Waals surface area contributed by atoms with E-state index in [4.69, 9.17) is 0 Å². The largest absolute Gasteiger partial charge is 0.146 e. The fourth-order valence-electron chi connectivity index (χ4n) is 3.64. The van der Waals surface area contributed by atoms with Crippen molar-refractivity contribution >= 4 is 11.3 Å². The van der Waals surface area contributed by atoms with Crippen molar-refractivity contribution in [3.8, 4) is 0 Å². The highest BCUT2D eigenvalue weighted by atomic mass is 32.1. The third-order valence-corrected chi connectivity index (χ3v) is 6.09. The average Bonchev–Trinajstić information content (AvgIpc) is 3.16. The molecule has 1 atom stereocenters. The van der Waals surface area contributed by atoms with Crippen molar-refractivity contribution in [3.63, 3.8) is 0 Å². The molecule has 0 unspecified atom stereocenters. The molecule has 122 valence electrons. The van der Waals surface area contributed by atoms with Gasteiger partial charge in [-0.25, -0.2) is 0 Å². The second kappa shape index (κ2) is 7.97. The van der Waals surface area contributed by atoms with Crippen molar-refractivity contribution in [2.45, 2.75) is 58.8 Å². The lowest BCUT2D eigenvalue weighted by atomic mass is 9.90. The van der Waals surface area contributed by atoms with Crippen molar-refractivity contribution in [1.29, 1.82) is 0 Å². The molecule has 1 heteroatoms. The van der Waals surface area contributed by atoms with E-state index >= 15 is 0 Å². The molecule has 0 radical (unpaired) electrons. The summed E-state index contributed by atoms with van der Waals surface area (Å²) in [6.45, 7) is 4.37. The molecule has 23 heavy (non-hydrogen) atoms. The molecule has 1 aliphatic rings. The molecule has 0 fully saturated rings. The van der Waals surface area contributed by atoms with Crippen molar-refractivity contribution < 1.29 is 0 Å². The number of thiophene rings is 1. The SMILES string of the molecule is Cc1ccc(CC[C@H]2CCC=C2CCCc2ccc(C)s2)cc1. The maximum absolute atomic E-state index is 2.53. The molecule has 1 aromatic heterocycles. The molecular weight excluding hydrogens is 296 g/mol. The van der Waals surface area contributed by atoms with Gasteiger partial charge in [0.1, 0.15) is 0 Å². The van der Waals surface area contributed by atoms with Gasteiger partial charge in [-0.15, -0.1) is 11.3 Å². The Morgan fingerprint density at radius 1 is 0.957 bits per heavy atom. The lowest BCUT2D eigenvalue weighted by Crippen LogP contribution is -2.02. The Bertz CT molecular complexity index is 645. The summed E-state index contributed by atoms with van der Waals surface area (Å²) in [5.41, 5.74) is 4.60. The Hall–Kier alpha value is -1.34. The number of hydrogen-bond donors (Lipinski definition) is 0. The zero-order chi connectivity index (χ0) is 16.1. The summed E-state index contributed by atoms with van der Waals surface area (Å²) in [5, 5.41) is 0. The maximum atomic E-state index is 2.53. The molecule has 0 saturated carbocycles. The standard InChI is InChI=1S/C22H28S/c1-17-9-12-19(13-10-17)14-15-21-6-3-5-20(21)7-4-8-22-16-11-18(2)23-22/h5,9-13,16,21H,3-4,6-8,14-15H2,1-2H3/t21-/m1/s1. The number of benzene rings is 1. The third-order valence-electron chi connectivity index (χ3n) is 5.03. The Balaban J connectivity index is 1.44. The first kappa shape index (κ1) is 16.5. The molecular formula is C22H28S. The van der Waals surface area contributed by atoms with E-state index < -0.39 is 0 Å². The van der Waals surface area contributed by atoms with Gasteiger partial charge in [0.05, 0.1) is 0 Å². The summed E-state index contributed by atoms with van der Waals surface area (Å²) < 4.78 is 0. The van der Waals surface area contributed by atoms with Gasteiger partial charge in [0.2, 0.25) is 0 Å². The molecule has 1 aliphatic carbocycles. The number of aryl methyl sites for hydroxylation is 4. The van der Waals surface area contributed by atoms with E-state index in [0.29, 0.717) is 0 Å². The van der Waals surface area contributed by atoms with Crippen molar-refractivity contribution in [2.24, 2.45) is 5.92 Å². The molecule has 0 nitrogen and oxygen atoms in total. The van der Waals surface area contributed by atoms with E-state index in [2.05, 4.69) is 56.3 Å². The third kappa shape index (κ3) is 4.81. The van der Waals surface area contributed by atoms with Crippen LogP contribution in [0.3, 0.4) is 0 Å². The lowest BCUT2D eigenvalue weighted by molar-refractivity contribution is 0.533. The molecule has 0 amide bonds. The summed E-state index contributed by atoms with van der Waals surface area (Å²) in [4.78, 5) is 2.99. The van der Waals surface area contributed by atoms with Gasteiger partial charge in [-0.2, -0.15) is 0 Å². The van der Waals surface area contributed by atoms with Gasteiger partial charge in [0.25, 0.3) is 0 Å². The molecule has 0 saturated heterocycles. The summed E-state index contributed by atoms with van der Waals surface area (Å²) in [7, 11) is 0. The first-order valence-electron chi connectivity index (χ1n) is 9.00. The van der Waals surface area contributed by atoms with Gasteiger partial charge in [-0.3, -0.25) is 0 Å². The van der Waals surface area contributed by atoms with Crippen LogP contribution < -0.4 is 0 Å². The van der Waals surface area contributed by atoms with E-state index in [9.17, 15) is 0 Å². The zero-order valence-electron chi connectivity index (χ0n) is 14.5. The minimum atomic E-state index is 0.835. The van der Waals surface area contributed by atoms with E-state index in [1.165, 1.54) is 60.9 Å². The number of hydrogen-bond acceptors (Lipinski definition) is 1. The Kier molecular flexibility index (Phi) is 5.72. The number of rotatable bonds is 7. The van der Waals surface area contributed by atoms with Crippen LogP contribution >= 0.6 is 11.3 Å². The van der Waals surface area contributed by atoms with E-state index in [1.807, 2.05) is 11.3 Å². The molecule has 1 heterocycles.